The van der Waals surface area contributed by atoms with Crippen LogP contribution in [0.3, 0.4) is 0 Å². The van der Waals surface area contributed by atoms with Crippen LogP contribution in [0.4, 0.5) is 0 Å². The topological polar surface area (TPSA) is 113 Å². The number of hydrogen-bond acceptors (Lipinski definition) is 5. The quantitative estimate of drug-likeness (QED) is 0.671. The molecule has 0 aliphatic carbocycles. The molecular weight excluding hydrogens is 394 g/mol. The Labute approximate surface area is 161 Å². The van der Waals surface area contributed by atoms with Crippen molar-refractivity contribution in [1.82, 2.24) is 4.72 Å². The molecule has 0 bridgehead atoms. The molecular formula is C18H18ClNO6S. The number of hydrogen-bond donors (Lipinski definition) is 3. The van der Waals surface area contributed by atoms with E-state index in [2.05, 4.69) is 4.72 Å². The van der Waals surface area contributed by atoms with Crippen LogP contribution in [0.15, 0.2) is 47.4 Å². The van der Waals surface area contributed by atoms with Gasteiger partial charge in [0.1, 0.15) is 5.75 Å². The smallest absolute Gasteiger partial charge is 0.345 e. The Hall–Kier alpha value is -2.13. The van der Waals surface area contributed by atoms with Gasteiger partial charge in [0.25, 0.3) is 0 Å². The first kappa shape index (κ1) is 19.6. The lowest BCUT2D eigenvalue weighted by atomic mass is 10.00. The second-order valence-electron chi connectivity index (χ2n) is 6.32. The maximum Gasteiger partial charge on any atom is 0.345 e. The van der Waals surface area contributed by atoms with E-state index in [1.165, 1.54) is 24.3 Å². The average molecular weight is 412 g/mol. The zero-order valence-corrected chi connectivity index (χ0v) is 15.9. The predicted octanol–water partition coefficient (Wildman–Crippen LogP) is 2.13. The first-order chi connectivity index (χ1) is 12.7. The Morgan fingerprint density at radius 2 is 1.93 bits per heavy atom. The number of halogens is 1. The molecule has 0 aromatic heterocycles. The molecule has 0 saturated heterocycles. The maximum atomic E-state index is 12.4. The van der Waals surface area contributed by atoms with E-state index < -0.39 is 34.2 Å². The highest BCUT2D eigenvalue weighted by atomic mass is 35.5. The Morgan fingerprint density at radius 1 is 1.26 bits per heavy atom. The number of sulfonamides is 1. The van der Waals surface area contributed by atoms with Crippen molar-refractivity contribution >= 4 is 27.6 Å². The van der Waals surface area contributed by atoms with Crippen molar-refractivity contribution in [1.29, 1.82) is 0 Å². The zero-order chi connectivity index (χ0) is 19.8. The summed E-state index contributed by atoms with van der Waals surface area (Å²) in [5.74, 6) is -0.606. The highest BCUT2D eigenvalue weighted by molar-refractivity contribution is 7.89. The van der Waals surface area contributed by atoms with E-state index in [0.717, 1.165) is 0 Å². The molecule has 27 heavy (non-hydrogen) atoms. The lowest BCUT2D eigenvalue weighted by molar-refractivity contribution is -0.144. The van der Waals surface area contributed by atoms with E-state index in [0.29, 0.717) is 21.9 Å². The largest absolute Gasteiger partial charge is 0.478 e. The van der Waals surface area contributed by atoms with Gasteiger partial charge in [-0.25, -0.2) is 17.9 Å². The van der Waals surface area contributed by atoms with Crippen LogP contribution in [0.1, 0.15) is 24.2 Å². The number of ether oxygens (including phenoxy) is 1. The molecule has 0 fully saturated rings. The van der Waals surface area contributed by atoms with Crippen LogP contribution >= 0.6 is 11.6 Å². The standard InChI is InChI=1S/C18H18ClNO6S/c1-10(20-27(24,25)14-5-3-13(19)4-6-14)17(21)11-2-7-15-12(8-11)9-16(26-15)18(22)23/h2-8,10,16-17,20-21H,9H2,1H3,(H,22,23). The van der Waals surface area contributed by atoms with Crippen molar-refractivity contribution in [2.45, 2.75) is 36.5 Å². The number of carboxylic acid groups (broad SMARTS) is 1. The molecule has 1 aliphatic heterocycles. The number of benzene rings is 2. The normalized spacial score (nSPS) is 18.4. The number of aliphatic carboxylic acids is 1. The van der Waals surface area contributed by atoms with Crippen molar-refractivity contribution in [3.8, 4) is 5.75 Å². The minimum absolute atomic E-state index is 0.0394. The van der Waals surface area contributed by atoms with Gasteiger partial charge in [-0.05, 0) is 54.4 Å². The zero-order valence-electron chi connectivity index (χ0n) is 14.3. The minimum Gasteiger partial charge on any atom is -0.478 e. The van der Waals surface area contributed by atoms with E-state index in [1.807, 2.05) is 0 Å². The van der Waals surface area contributed by atoms with Gasteiger partial charge in [0.15, 0.2) is 6.10 Å². The van der Waals surface area contributed by atoms with Crippen LogP contribution in [0, 0.1) is 0 Å². The van der Waals surface area contributed by atoms with Crippen LogP contribution in [-0.4, -0.2) is 36.7 Å². The van der Waals surface area contributed by atoms with Crippen LogP contribution in [0.25, 0.3) is 0 Å². The fourth-order valence-electron chi connectivity index (χ4n) is 2.87. The van der Waals surface area contributed by atoms with Gasteiger partial charge >= 0.3 is 5.97 Å². The minimum atomic E-state index is -3.83. The molecule has 3 N–H and O–H groups in total. The van der Waals surface area contributed by atoms with Gasteiger partial charge in [0.05, 0.1) is 11.0 Å². The first-order valence-electron chi connectivity index (χ1n) is 8.15. The lowest BCUT2D eigenvalue weighted by Gasteiger charge is -2.21. The highest BCUT2D eigenvalue weighted by Gasteiger charge is 2.30. The summed E-state index contributed by atoms with van der Waals surface area (Å²) in [5, 5.41) is 20.0. The molecule has 3 atom stereocenters. The Kier molecular flexibility index (Phi) is 5.43. The number of carboxylic acids is 1. The number of rotatable bonds is 6. The number of carbonyl (C=O) groups is 1. The molecule has 3 unspecified atom stereocenters. The van der Waals surface area contributed by atoms with Crippen LogP contribution in [0.5, 0.6) is 5.75 Å². The summed E-state index contributed by atoms with van der Waals surface area (Å²) >= 11 is 5.77. The monoisotopic (exact) mass is 411 g/mol. The predicted molar refractivity (Wildman–Crippen MR) is 98.4 cm³/mol. The van der Waals surface area contributed by atoms with E-state index in [1.54, 1.807) is 25.1 Å². The maximum absolute atomic E-state index is 12.4. The van der Waals surface area contributed by atoms with Crippen molar-refractivity contribution in [3.05, 3.63) is 58.6 Å². The molecule has 0 saturated carbocycles. The molecule has 3 rings (SSSR count). The fourth-order valence-corrected chi connectivity index (χ4v) is 4.24. The van der Waals surface area contributed by atoms with Crippen molar-refractivity contribution in [3.63, 3.8) is 0 Å². The van der Waals surface area contributed by atoms with Gasteiger partial charge in [0.2, 0.25) is 10.0 Å². The Morgan fingerprint density at radius 3 is 2.56 bits per heavy atom. The molecule has 1 heterocycles. The summed E-state index contributed by atoms with van der Waals surface area (Å²) in [4.78, 5) is 11.1. The van der Waals surface area contributed by atoms with E-state index >= 15 is 0 Å². The second kappa shape index (κ2) is 7.47. The Balaban J connectivity index is 1.74. The van der Waals surface area contributed by atoms with E-state index in [4.69, 9.17) is 21.4 Å². The summed E-state index contributed by atoms with van der Waals surface area (Å²) in [7, 11) is -3.83. The van der Waals surface area contributed by atoms with Crippen molar-refractivity contribution in [2.75, 3.05) is 0 Å². The third-order valence-electron chi connectivity index (χ3n) is 4.31. The van der Waals surface area contributed by atoms with E-state index in [-0.39, 0.29) is 11.3 Å². The summed E-state index contributed by atoms with van der Waals surface area (Å²) in [5.41, 5.74) is 1.13. The van der Waals surface area contributed by atoms with Gasteiger partial charge < -0.3 is 14.9 Å². The van der Waals surface area contributed by atoms with Gasteiger partial charge in [-0.3, -0.25) is 0 Å². The van der Waals surface area contributed by atoms with Crippen molar-refractivity contribution in [2.24, 2.45) is 0 Å². The van der Waals surface area contributed by atoms with Crippen LogP contribution in [-0.2, 0) is 21.2 Å². The molecule has 1 aliphatic rings. The Bertz CT molecular complexity index is 960. The third-order valence-corrected chi connectivity index (χ3v) is 6.14. The molecule has 144 valence electrons. The third kappa shape index (κ3) is 4.24. The molecule has 2 aromatic carbocycles. The van der Waals surface area contributed by atoms with Gasteiger partial charge in [-0.1, -0.05) is 17.7 Å². The second-order valence-corrected chi connectivity index (χ2v) is 8.48. The number of nitrogens with one attached hydrogen (secondary N) is 1. The van der Waals surface area contributed by atoms with Gasteiger partial charge in [-0.2, -0.15) is 0 Å². The number of fused-ring (bicyclic) bond motifs is 1. The number of aliphatic hydroxyl groups excluding tert-OH is 1. The van der Waals surface area contributed by atoms with E-state index in [9.17, 15) is 18.3 Å². The highest BCUT2D eigenvalue weighted by Crippen LogP contribution is 2.32. The molecule has 2 aromatic rings. The number of aliphatic hydroxyl groups is 1. The first-order valence-corrected chi connectivity index (χ1v) is 10.0. The lowest BCUT2D eigenvalue weighted by Crippen LogP contribution is -2.37. The fraction of sp³-hybridized carbons (Fsp3) is 0.278. The molecule has 0 amide bonds. The average Bonchev–Trinajstić information content (AvgIpc) is 3.04. The summed E-state index contributed by atoms with van der Waals surface area (Å²) < 4.78 is 32.6. The van der Waals surface area contributed by atoms with Gasteiger partial charge in [0, 0.05) is 17.5 Å². The molecule has 7 nitrogen and oxygen atoms in total. The molecule has 0 spiro atoms. The van der Waals surface area contributed by atoms with Crippen LogP contribution in [0.2, 0.25) is 5.02 Å². The van der Waals surface area contributed by atoms with Crippen LogP contribution < -0.4 is 9.46 Å². The summed E-state index contributed by atoms with van der Waals surface area (Å²) in [6, 6.07) is 9.67. The molecule has 9 heteroatoms. The summed E-state index contributed by atoms with van der Waals surface area (Å²) in [6.07, 6.45) is -1.88. The molecule has 0 radical (unpaired) electrons. The summed E-state index contributed by atoms with van der Waals surface area (Å²) in [6.45, 7) is 1.54. The SMILES string of the molecule is CC(NS(=O)(=O)c1ccc(Cl)cc1)C(O)c1ccc2c(c1)CC(C(=O)O)O2. The van der Waals surface area contributed by atoms with Crippen molar-refractivity contribution < 1.29 is 28.2 Å². The van der Waals surface area contributed by atoms with Gasteiger partial charge in [-0.15, -0.1) is 0 Å².